The van der Waals surface area contributed by atoms with Crippen molar-refractivity contribution in [3.63, 3.8) is 0 Å². The number of likely N-dealkylation sites (tertiary alicyclic amines) is 1. The molecule has 1 aromatic carbocycles. The molecular weight excluding hydrogens is 456 g/mol. The van der Waals surface area contributed by atoms with E-state index < -0.39 is 0 Å². The van der Waals surface area contributed by atoms with Gasteiger partial charge < -0.3 is 24.8 Å². The lowest BCUT2D eigenvalue weighted by Crippen LogP contribution is -2.53. The van der Waals surface area contributed by atoms with Gasteiger partial charge in [-0.2, -0.15) is 9.97 Å². The molecule has 6 rings (SSSR count). The van der Waals surface area contributed by atoms with Crippen molar-refractivity contribution in [3.05, 3.63) is 35.4 Å². The first-order chi connectivity index (χ1) is 17.6. The number of ether oxygens (including phenoxy) is 1. The fraction of sp³-hybridized carbons (Fsp3) is 0.577. The predicted molar refractivity (Wildman–Crippen MR) is 139 cm³/mol. The Balaban J connectivity index is 1.24. The maximum atomic E-state index is 12.8. The Hall–Kier alpha value is -3.11. The SMILES string of the molecule is COc1ccc(CN2CCC3NN(C)c4nc(N5CCNC(CC(=O)N6CCCC6)C5)nc2c43)cc1. The van der Waals surface area contributed by atoms with Crippen molar-refractivity contribution in [1.82, 2.24) is 25.6 Å². The zero-order valence-corrected chi connectivity index (χ0v) is 21.2. The van der Waals surface area contributed by atoms with Crippen LogP contribution in [0, 0.1) is 0 Å². The molecule has 2 aromatic rings. The molecule has 192 valence electrons. The highest BCUT2D eigenvalue weighted by molar-refractivity contribution is 5.77. The minimum atomic E-state index is 0.110. The summed E-state index contributed by atoms with van der Waals surface area (Å²) >= 11 is 0. The van der Waals surface area contributed by atoms with Crippen molar-refractivity contribution in [2.75, 3.05) is 68.2 Å². The number of methoxy groups -OCH3 is 1. The molecule has 2 atom stereocenters. The summed E-state index contributed by atoms with van der Waals surface area (Å²) in [5.41, 5.74) is 5.98. The molecule has 0 spiro atoms. The average Bonchev–Trinajstić information content (AvgIpc) is 3.55. The second-order valence-corrected chi connectivity index (χ2v) is 10.3. The van der Waals surface area contributed by atoms with Crippen LogP contribution in [0.3, 0.4) is 0 Å². The fourth-order valence-electron chi connectivity index (χ4n) is 5.90. The molecule has 2 unspecified atom stereocenters. The van der Waals surface area contributed by atoms with Gasteiger partial charge in [-0.25, -0.2) is 5.43 Å². The van der Waals surface area contributed by atoms with Crippen molar-refractivity contribution in [2.45, 2.75) is 44.3 Å². The van der Waals surface area contributed by atoms with E-state index in [4.69, 9.17) is 14.7 Å². The van der Waals surface area contributed by atoms with Crippen LogP contribution in [0.2, 0.25) is 0 Å². The normalized spacial score (nSPS) is 23.3. The second kappa shape index (κ2) is 9.74. The first-order valence-corrected chi connectivity index (χ1v) is 13.1. The lowest BCUT2D eigenvalue weighted by molar-refractivity contribution is -0.130. The molecule has 2 saturated heterocycles. The Kier molecular flexibility index (Phi) is 6.30. The molecule has 2 fully saturated rings. The maximum absolute atomic E-state index is 12.8. The van der Waals surface area contributed by atoms with Crippen LogP contribution in [0.25, 0.3) is 0 Å². The topological polar surface area (TPSA) is 89.1 Å². The Morgan fingerprint density at radius 3 is 2.64 bits per heavy atom. The largest absolute Gasteiger partial charge is 0.497 e. The number of aromatic nitrogens is 2. The van der Waals surface area contributed by atoms with E-state index in [2.05, 4.69) is 32.7 Å². The highest BCUT2D eigenvalue weighted by atomic mass is 16.5. The highest BCUT2D eigenvalue weighted by Crippen LogP contribution is 2.43. The van der Waals surface area contributed by atoms with Crippen LogP contribution in [0.15, 0.2) is 24.3 Å². The monoisotopic (exact) mass is 492 g/mol. The zero-order chi connectivity index (χ0) is 24.6. The number of nitrogens with one attached hydrogen (secondary N) is 2. The molecule has 4 aliphatic rings. The first-order valence-electron chi connectivity index (χ1n) is 13.1. The smallest absolute Gasteiger partial charge is 0.229 e. The molecular formula is C26H36N8O2. The summed E-state index contributed by atoms with van der Waals surface area (Å²) < 4.78 is 5.33. The van der Waals surface area contributed by atoms with Gasteiger partial charge in [0.05, 0.1) is 18.7 Å². The molecule has 1 aromatic heterocycles. The number of amides is 1. The third kappa shape index (κ3) is 4.43. The molecule has 10 heteroatoms. The molecule has 36 heavy (non-hydrogen) atoms. The van der Waals surface area contributed by atoms with Crippen LogP contribution >= 0.6 is 0 Å². The van der Waals surface area contributed by atoms with Gasteiger partial charge in [0.25, 0.3) is 0 Å². The third-order valence-electron chi connectivity index (χ3n) is 7.85. The first kappa shape index (κ1) is 23.3. The van der Waals surface area contributed by atoms with Gasteiger partial charge in [0.1, 0.15) is 11.6 Å². The number of hydrogen-bond donors (Lipinski definition) is 2. The third-order valence-corrected chi connectivity index (χ3v) is 7.85. The van der Waals surface area contributed by atoms with E-state index >= 15 is 0 Å². The number of hydrogen-bond acceptors (Lipinski definition) is 9. The molecule has 1 amide bonds. The summed E-state index contributed by atoms with van der Waals surface area (Å²) in [5, 5.41) is 5.59. The number of hydrazine groups is 1. The van der Waals surface area contributed by atoms with Crippen molar-refractivity contribution in [2.24, 2.45) is 0 Å². The van der Waals surface area contributed by atoms with E-state index in [1.165, 1.54) is 11.1 Å². The molecule has 0 radical (unpaired) electrons. The Labute approximate surface area is 212 Å². The van der Waals surface area contributed by atoms with Crippen molar-refractivity contribution in [1.29, 1.82) is 0 Å². The number of carbonyl (C=O) groups excluding carboxylic acids is 1. The molecule has 0 bridgehead atoms. The second-order valence-electron chi connectivity index (χ2n) is 10.3. The Bertz CT molecular complexity index is 1100. The molecule has 5 heterocycles. The van der Waals surface area contributed by atoms with Gasteiger partial charge in [-0.1, -0.05) is 12.1 Å². The van der Waals surface area contributed by atoms with E-state index in [-0.39, 0.29) is 18.0 Å². The van der Waals surface area contributed by atoms with E-state index in [1.54, 1.807) is 7.11 Å². The van der Waals surface area contributed by atoms with Crippen molar-refractivity contribution in [3.8, 4) is 5.75 Å². The van der Waals surface area contributed by atoms with Gasteiger partial charge in [-0.05, 0) is 37.0 Å². The number of nitrogens with zero attached hydrogens (tertiary/aromatic N) is 6. The Morgan fingerprint density at radius 1 is 1.08 bits per heavy atom. The van der Waals surface area contributed by atoms with Crippen LogP contribution in [0.4, 0.5) is 17.6 Å². The summed E-state index contributed by atoms with van der Waals surface area (Å²) in [6, 6.07) is 8.62. The molecule has 0 saturated carbocycles. The van der Waals surface area contributed by atoms with Gasteiger partial charge in [-0.15, -0.1) is 0 Å². The number of piperazine rings is 1. The molecule has 10 nitrogen and oxygen atoms in total. The summed E-state index contributed by atoms with van der Waals surface area (Å²) in [5.74, 6) is 3.85. The predicted octanol–water partition coefficient (Wildman–Crippen LogP) is 1.68. The number of carbonyl (C=O) groups is 1. The lowest BCUT2D eigenvalue weighted by atomic mass is 10.0. The molecule has 4 aliphatic heterocycles. The number of anilines is 3. The van der Waals surface area contributed by atoms with E-state index in [9.17, 15) is 4.79 Å². The summed E-state index contributed by atoms with van der Waals surface area (Å²) in [7, 11) is 3.73. The molecule has 0 aliphatic carbocycles. The number of benzene rings is 1. The summed E-state index contributed by atoms with van der Waals surface area (Å²) in [6.07, 6.45) is 3.79. The van der Waals surface area contributed by atoms with Gasteiger partial charge in [0, 0.05) is 65.3 Å². The van der Waals surface area contributed by atoms with Crippen molar-refractivity contribution < 1.29 is 9.53 Å². The van der Waals surface area contributed by atoms with Crippen LogP contribution in [0.1, 0.15) is 42.9 Å². The fourth-order valence-corrected chi connectivity index (χ4v) is 5.90. The van der Waals surface area contributed by atoms with E-state index in [0.29, 0.717) is 6.42 Å². The number of rotatable bonds is 6. The minimum absolute atomic E-state index is 0.110. The van der Waals surface area contributed by atoms with Gasteiger partial charge in [0.2, 0.25) is 11.9 Å². The van der Waals surface area contributed by atoms with E-state index in [1.807, 2.05) is 29.1 Å². The van der Waals surface area contributed by atoms with Gasteiger partial charge >= 0.3 is 0 Å². The van der Waals surface area contributed by atoms with Crippen LogP contribution < -0.4 is 30.3 Å². The van der Waals surface area contributed by atoms with E-state index in [0.717, 1.165) is 88.4 Å². The quantitative estimate of drug-likeness (QED) is 0.625. The Morgan fingerprint density at radius 2 is 1.86 bits per heavy atom. The van der Waals surface area contributed by atoms with Crippen LogP contribution in [-0.2, 0) is 11.3 Å². The zero-order valence-electron chi connectivity index (χ0n) is 21.2. The lowest BCUT2D eigenvalue weighted by Gasteiger charge is -2.36. The standard InChI is InChI=1S/C26H36N8O2/c1-31-24-23-21(30-31)9-13-33(16-18-5-7-20(36-2)8-6-18)25(23)29-26(28-24)34-14-10-27-19(17-34)15-22(35)32-11-3-4-12-32/h5-8,19,21,27,30H,3-4,9-17H2,1-2H3. The van der Waals surface area contributed by atoms with Crippen molar-refractivity contribution >= 4 is 23.5 Å². The average molecular weight is 493 g/mol. The van der Waals surface area contributed by atoms with Crippen LogP contribution in [0.5, 0.6) is 5.75 Å². The summed E-state index contributed by atoms with van der Waals surface area (Å²) in [4.78, 5) is 29.6. The van der Waals surface area contributed by atoms with Gasteiger partial charge in [-0.3, -0.25) is 9.80 Å². The highest BCUT2D eigenvalue weighted by Gasteiger charge is 2.38. The van der Waals surface area contributed by atoms with Crippen LogP contribution in [-0.4, -0.2) is 80.2 Å². The summed E-state index contributed by atoms with van der Waals surface area (Å²) in [6.45, 7) is 5.89. The minimum Gasteiger partial charge on any atom is -0.497 e. The molecule has 2 N–H and O–H groups in total. The van der Waals surface area contributed by atoms with Gasteiger partial charge in [0.15, 0.2) is 5.82 Å². The maximum Gasteiger partial charge on any atom is 0.229 e.